The summed E-state index contributed by atoms with van der Waals surface area (Å²) in [6.45, 7) is 4.09. The van der Waals surface area contributed by atoms with Gasteiger partial charge in [-0.2, -0.15) is 0 Å². The number of ketones is 1. The lowest BCUT2D eigenvalue weighted by molar-refractivity contribution is -0.136. The molecule has 0 bridgehead atoms. The molecule has 0 unspecified atom stereocenters. The molecule has 1 aliphatic rings. The maximum atomic E-state index is 11.6. The zero-order chi connectivity index (χ0) is 14.3. The molecule has 0 atom stereocenters. The van der Waals surface area contributed by atoms with Crippen LogP contribution in [0.15, 0.2) is 5.16 Å². The molecular formula is C13H20BrNO4. The Morgan fingerprint density at radius 3 is 2.42 bits per heavy atom. The lowest BCUT2D eigenvalue weighted by atomic mass is 9.89. The van der Waals surface area contributed by atoms with Crippen LogP contribution in [0.3, 0.4) is 0 Å². The summed E-state index contributed by atoms with van der Waals surface area (Å²) in [5, 5.41) is 3.75. The Morgan fingerprint density at radius 1 is 1.26 bits per heavy atom. The highest BCUT2D eigenvalue weighted by Gasteiger charge is 2.24. The smallest absolute Gasteiger partial charge is 0.364 e. The largest absolute Gasteiger partial charge is 0.461 e. The Morgan fingerprint density at radius 2 is 1.89 bits per heavy atom. The van der Waals surface area contributed by atoms with Crippen molar-refractivity contribution in [1.29, 1.82) is 0 Å². The number of oxime groups is 1. The molecule has 0 radical (unpaired) electrons. The number of carbonyl (C=O) groups is 2. The Balaban J connectivity index is 2.61. The van der Waals surface area contributed by atoms with Gasteiger partial charge in [-0.25, -0.2) is 4.79 Å². The van der Waals surface area contributed by atoms with Crippen molar-refractivity contribution in [1.82, 2.24) is 0 Å². The Bertz CT molecular complexity index is 349. The minimum Gasteiger partial charge on any atom is -0.461 e. The van der Waals surface area contributed by atoms with Gasteiger partial charge in [0.2, 0.25) is 11.5 Å². The topological polar surface area (TPSA) is 65.0 Å². The highest BCUT2D eigenvalue weighted by molar-refractivity contribution is 9.09. The average Bonchev–Trinajstić information content (AvgIpc) is 2.41. The second-order valence-electron chi connectivity index (χ2n) is 4.70. The summed E-state index contributed by atoms with van der Waals surface area (Å²) >= 11 is 3.01. The average molecular weight is 334 g/mol. The first-order chi connectivity index (χ1) is 9.08. The minimum absolute atomic E-state index is 0.0104. The molecule has 0 spiro atoms. The molecule has 1 rings (SSSR count). The van der Waals surface area contributed by atoms with Crippen LogP contribution in [-0.2, 0) is 19.2 Å². The predicted octanol–water partition coefficient (Wildman–Crippen LogP) is 2.46. The van der Waals surface area contributed by atoms with Crippen LogP contribution in [-0.4, -0.2) is 35.5 Å². The van der Waals surface area contributed by atoms with Crippen molar-refractivity contribution in [3.05, 3.63) is 0 Å². The van der Waals surface area contributed by atoms with Crippen molar-refractivity contribution in [3.8, 4) is 0 Å². The van der Waals surface area contributed by atoms with Gasteiger partial charge in [0.15, 0.2) is 0 Å². The van der Waals surface area contributed by atoms with Gasteiger partial charge in [-0.15, -0.1) is 0 Å². The molecule has 108 valence electrons. The third-order valence-corrected chi connectivity index (χ3v) is 3.62. The van der Waals surface area contributed by atoms with Crippen LogP contribution in [0.2, 0.25) is 0 Å². The number of esters is 1. The molecule has 0 aromatic heterocycles. The van der Waals surface area contributed by atoms with Gasteiger partial charge in [0.05, 0.1) is 11.9 Å². The first kappa shape index (κ1) is 16.1. The number of Topliss-reactive ketones (excluding diaryl/α,β-unsaturated/α-hetero) is 1. The molecule has 0 N–H and O–H groups in total. The molecule has 0 aromatic rings. The first-order valence-electron chi connectivity index (χ1n) is 6.58. The van der Waals surface area contributed by atoms with Crippen molar-refractivity contribution in [2.75, 3.05) is 11.9 Å². The van der Waals surface area contributed by atoms with E-state index < -0.39 is 11.8 Å². The zero-order valence-corrected chi connectivity index (χ0v) is 12.9. The summed E-state index contributed by atoms with van der Waals surface area (Å²) in [4.78, 5) is 28.5. The number of ether oxygens (including phenoxy) is 1. The molecule has 0 saturated heterocycles. The zero-order valence-electron chi connectivity index (χ0n) is 11.4. The van der Waals surface area contributed by atoms with Crippen molar-refractivity contribution < 1.29 is 19.2 Å². The summed E-state index contributed by atoms with van der Waals surface area (Å²) in [7, 11) is 0. The highest BCUT2D eigenvalue weighted by Crippen LogP contribution is 2.25. The van der Waals surface area contributed by atoms with Gasteiger partial charge >= 0.3 is 5.97 Å². The Hall–Kier alpha value is -0.910. The van der Waals surface area contributed by atoms with E-state index in [1.54, 1.807) is 6.92 Å². The Labute approximate surface area is 121 Å². The summed E-state index contributed by atoms with van der Waals surface area (Å²) in [5.41, 5.74) is -0.266. The number of rotatable bonds is 6. The van der Waals surface area contributed by atoms with E-state index in [1.807, 2.05) is 0 Å². The van der Waals surface area contributed by atoms with Gasteiger partial charge in [-0.05, 0) is 38.5 Å². The number of carbonyl (C=O) groups excluding carboxylic acids is 2. The molecule has 19 heavy (non-hydrogen) atoms. The van der Waals surface area contributed by atoms with E-state index in [9.17, 15) is 9.59 Å². The van der Waals surface area contributed by atoms with E-state index in [-0.39, 0.29) is 23.8 Å². The molecule has 0 aliphatic heterocycles. The fourth-order valence-electron chi connectivity index (χ4n) is 1.93. The summed E-state index contributed by atoms with van der Waals surface area (Å²) in [6.07, 6.45) is 3.97. The fraction of sp³-hybridized carbons (Fsp3) is 0.769. The summed E-state index contributed by atoms with van der Waals surface area (Å²) < 4.78 is 4.79. The monoisotopic (exact) mass is 333 g/mol. The number of hydrogen-bond acceptors (Lipinski definition) is 5. The van der Waals surface area contributed by atoms with Gasteiger partial charge in [0.25, 0.3) is 0 Å². The Kier molecular flexibility index (Phi) is 7.05. The molecule has 1 saturated carbocycles. The van der Waals surface area contributed by atoms with Crippen LogP contribution in [0.5, 0.6) is 0 Å². The normalized spacial score (nSPS) is 23.8. The standard InChI is InChI=1S/C13H20BrNO4/c1-3-18-13(17)12(11(16)8-14)15-19-10-6-4-9(2)5-7-10/h9-10H,3-8H2,1-2H3. The molecule has 6 heteroatoms. The first-order valence-corrected chi connectivity index (χ1v) is 7.70. The van der Waals surface area contributed by atoms with Crippen LogP contribution >= 0.6 is 15.9 Å². The van der Waals surface area contributed by atoms with E-state index in [1.165, 1.54) is 0 Å². The van der Waals surface area contributed by atoms with Crippen LogP contribution < -0.4 is 0 Å². The van der Waals surface area contributed by atoms with E-state index in [4.69, 9.17) is 9.57 Å². The van der Waals surface area contributed by atoms with Gasteiger partial charge in [0.1, 0.15) is 6.10 Å². The van der Waals surface area contributed by atoms with Gasteiger partial charge in [0, 0.05) is 0 Å². The molecule has 5 nitrogen and oxygen atoms in total. The predicted molar refractivity (Wildman–Crippen MR) is 75.4 cm³/mol. The van der Waals surface area contributed by atoms with Crippen LogP contribution in [0.1, 0.15) is 39.5 Å². The third-order valence-electron chi connectivity index (χ3n) is 3.11. The van der Waals surface area contributed by atoms with E-state index in [2.05, 4.69) is 28.0 Å². The number of hydrogen-bond donors (Lipinski definition) is 0. The maximum Gasteiger partial charge on any atom is 0.364 e. The van der Waals surface area contributed by atoms with Crippen molar-refractivity contribution in [2.24, 2.45) is 11.1 Å². The molecule has 0 amide bonds. The lowest BCUT2D eigenvalue weighted by Crippen LogP contribution is -2.29. The van der Waals surface area contributed by atoms with Gasteiger partial charge in [-0.1, -0.05) is 28.0 Å². The molecule has 0 heterocycles. The van der Waals surface area contributed by atoms with Gasteiger partial charge in [-0.3, -0.25) is 4.79 Å². The molecule has 1 fully saturated rings. The minimum atomic E-state index is -0.726. The van der Waals surface area contributed by atoms with Crippen molar-refractivity contribution in [2.45, 2.75) is 45.6 Å². The van der Waals surface area contributed by atoms with Crippen molar-refractivity contribution >= 4 is 33.4 Å². The fourth-order valence-corrected chi connectivity index (χ4v) is 2.19. The summed E-state index contributed by atoms with van der Waals surface area (Å²) in [6, 6.07) is 0. The second-order valence-corrected chi connectivity index (χ2v) is 5.27. The lowest BCUT2D eigenvalue weighted by Gasteiger charge is -2.24. The van der Waals surface area contributed by atoms with E-state index in [0.717, 1.165) is 25.7 Å². The maximum absolute atomic E-state index is 11.6. The molecular weight excluding hydrogens is 314 g/mol. The third kappa shape index (κ3) is 5.30. The van der Waals surface area contributed by atoms with Crippen molar-refractivity contribution in [3.63, 3.8) is 0 Å². The summed E-state index contributed by atoms with van der Waals surface area (Å²) in [5.74, 6) is -0.448. The van der Waals surface area contributed by atoms with Crippen LogP contribution in [0, 0.1) is 5.92 Å². The van der Waals surface area contributed by atoms with Crippen LogP contribution in [0.25, 0.3) is 0 Å². The highest BCUT2D eigenvalue weighted by atomic mass is 79.9. The molecule has 1 aliphatic carbocycles. The molecule has 0 aromatic carbocycles. The van der Waals surface area contributed by atoms with Crippen LogP contribution in [0.4, 0.5) is 0 Å². The number of alkyl halides is 1. The van der Waals surface area contributed by atoms with E-state index >= 15 is 0 Å². The van der Waals surface area contributed by atoms with Gasteiger partial charge < -0.3 is 9.57 Å². The number of halogens is 1. The number of nitrogens with zero attached hydrogens (tertiary/aromatic N) is 1. The SMILES string of the molecule is CCOC(=O)C(=NOC1CCC(C)CC1)C(=O)CBr. The quantitative estimate of drug-likeness (QED) is 0.246. The van der Waals surface area contributed by atoms with E-state index in [0.29, 0.717) is 5.92 Å². The second kappa shape index (κ2) is 8.30.